The van der Waals surface area contributed by atoms with Crippen molar-refractivity contribution in [2.75, 3.05) is 0 Å². The Morgan fingerprint density at radius 1 is 0.211 bits per heavy atom. The fraction of sp³-hybridized carbons (Fsp3) is 0. The van der Waals surface area contributed by atoms with Crippen LogP contribution in [0, 0.1) is 0 Å². The van der Waals surface area contributed by atoms with Crippen molar-refractivity contribution in [3.8, 4) is 17.1 Å². The molecule has 264 valence electrons. The maximum Gasteiger partial charge on any atom is 0.0795 e. The molecule has 3 heterocycles. The minimum atomic E-state index is 1.12. The van der Waals surface area contributed by atoms with Crippen LogP contribution >= 0.6 is 0 Å². The fourth-order valence-corrected chi connectivity index (χ4v) is 10.2. The molecule has 3 aromatic heterocycles. The second-order valence-electron chi connectivity index (χ2n) is 15.2. The van der Waals surface area contributed by atoms with Crippen LogP contribution < -0.4 is 0 Å². The van der Waals surface area contributed by atoms with Crippen molar-refractivity contribution in [1.82, 2.24) is 13.7 Å². The highest BCUT2D eigenvalue weighted by Crippen LogP contribution is 2.51. The van der Waals surface area contributed by atoms with Crippen LogP contribution in [0.1, 0.15) is 0 Å². The van der Waals surface area contributed by atoms with Crippen LogP contribution in [0.3, 0.4) is 0 Å². The standard InChI is InChI=1S/C54H33N3/c1-2-17-34(18-3-1)56-47-31-14-10-27-43(47)51-49-41-25-6-4-21-37(41)38-22-5-7-26-42(38)50(49)52-44-28-11-15-32-48(44)57(54(52)53(51)56)36-20-16-19-35(33-36)55-45-29-12-8-23-39(45)40-24-9-13-30-46(40)55/h1-33H. The number of para-hydroxylation sites is 5. The summed E-state index contributed by atoms with van der Waals surface area (Å²) >= 11 is 0. The Kier molecular flexibility index (Phi) is 6.16. The molecule has 0 radical (unpaired) electrons. The molecule has 0 saturated carbocycles. The molecule has 13 rings (SSSR count). The van der Waals surface area contributed by atoms with Gasteiger partial charge in [0.25, 0.3) is 0 Å². The van der Waals surface area contributed by atoms with Gasteiger partial charge >= 0.3 is 0 Å². The second-order valence-corrected chi connectivity index (χ2v) is 15.2. The molecule has 0 saturated heterocycles. The molecule has 0 unspecified atom stereocenters. The van der Waals surface area contributed by atoms with Gasteiger partial charge in [-0.05, 0) is 76.1 Å². The van der Waals surface area contributed by atoms with E-state index >= 15 is 0 Å². The minimum Gasteiger partial charge on any atom is -0.309 e. The van der Waals surface area contributed by atoms with Gasteiger partial charge in [0.2, 0.25) is 0 Å². The van der Waals surface area contributed by atoms with Gasteiger partial charge in [0.1, 0.15) is 0 Å². The first-order valence-corrected chi connectivity index (χ1v) is 19.7. The molecular formula is C54H33N3. The Hall–Kier alpha value is -7.62. The van der Waals surface area contributed by atoms with Gasteiger partial charge in [-0.1, -0.05) is 146 Å². The highest BCUT2D eigenvalue weighted by Gasteiger charge is 2.27. The fourth-order valence-electron chi connectivity index (χ4n) is 10.2. The smallest absolute Gasteiger partial charge is 0.0795 e. The number of benzene rings is 10. The zero-order valence-electron chi connectivity index (χ0n) is 30.9. The lowest BCUT2D eigenvalue weighted by Gasteiger charge is -2.17. The van der Waals surface area contributed by atoms with E-state index in [1.165, 1.54) is 97.7 Å². The lowest BCUT2D eigenvalue weighted by atomic mass is 9.89. The summed E-state index contributed by atoms with van der Waals surface area (Å²) in [5.74, 6) is 0. The summed E-state index contributed by atoms with van der Waals surface area (Å²) < 4.78 is 7.49. The molecule has 13 aromatic rings. The topological polar surface area (TPSA) is 14.8 Å². The quantitative estimate of drug-likeness (QED) is 0.161. The van der Waals surface area contributed by atoms with E-state index < -0.39 is 0 Å². The first kappa shape index (κ1) is 30.7. The van der Waals surface area contributed by atoms with Crippen molar-refractivity contribution in [3.05, 3.63) is 200 Å². The lowest BCUT2D eigenvalue weighted by Crippen LogP contribution is -2.01. The van der Waals surface area contributed by atoms with E-state index in [-0.39, 0.29) is 0 Å². The Labute approximate surface area is 327 Å². The zero-order valence-corrected chi connectivity index (χ0v) is 30.9. The molecule has 0 aliphatic carbocycles. The van der Waals surface area contributed by atoms with Crippen LogP contribution in [-0.4, -0.2) is 13.7 Å². The second kappa shape index (κ2) is 11.5. The largest absolute Gasteiger partial charge is 0.309 e. The number of nitrogens with zero attached hydrogens (tertiary/aromatic N) is 3. The predicted octanol–water partition coefficient (Wildman–Crippen LogP) is 14.4. The summed E-state index contributed by atoms with van der Waals surface area (Å²) in [6.45, 7) is 0. The first-order chi connectivity index (χ1) is 28.3. The molecule has 0 atom stereocenters. The van der Waals surface area contributed by atoms with Gasteiger partial charge < -0.3 is 13.7 Å². The van der Waals surface area contributed by atoms with E-state index in [0.29, 0.717) is 0 Å². The predicted molar refractivity (Wildman–Crippen MR) is 242 cm³/mol. The molecule has 3 heteroatoms. The summed E-state index contributed by atoms with van der Waals surface area (Å²) in [5.41, 5.74) is 10.6. The molecule has 57 heavy (non-hydrogen) atoms. The average Bonchev–Trinajstić information content (AvgIpc) is 3.93. The van der Waals surface area contributed by atoms with Gasteiger partial charge in [-0.2, -0.15) is 0 Å². The first-order valence-electron chi connectivity index (χ1n) is 19.7. The molecule has 0 spiro atoms. The highest BCUT2D eigenvalue weighted by atomic mass is 15.1. The average molecular weight is 724 g/mol. The Balaban J connectivity index is 1.30. The lowest BCUT2D eigenvalue weighted by molar-refractivity contribution is 1.13. The van der Waals surface area contributed by atoms with E-state index in [9.17, 15) is 0 Å². The van der Waals surface area contributed by atoms with Gasteiger partial charge in [-0.15, -0.1) is 0 Å². The van der Waals surface area contributed by atoms with Crippen molar-refractivity contribution >= 4 is 97.7 Å². The number of hydrogen-bond donors (Lipinski definition) is 0. The van der Waals surface area contributed by atoms with Crippen LogP contribution in [0.5, 0.6) is 0 Å². The van der Waals surface area contributed by atoms with Crippen LogP contribution in [0.4, 0.5) is 0 Å². The molecule has 0 amide bonds. The summed E-state index contributed by atoms with van der Waals surface area (Å²) in [6.07, 6.45) is 0. The van der Waals surface area contributed by atoms with E-state index in [1.807, 2.05) is 0 Å². The van der Waals surface area contributed by atoms with Gasteiger partial charge in [-0.3, -0.25) is 0 Å². The maximum absolute atomic E-state index is 2.55. The van der Waals surface area contributed by atoms with Crippen LogP contribution in [0.2, 0.25) is 0 Å². The van der Waals surface area contributed by atoms with E-state index in [1.54, 1.807) is 0 Å². The third kappa shape index (κ3) is 4.05. The number of aromatic nitrogens is 3. The van der Waals surface area contributed by atoms with Gasteiger partial charge in [-0.25, -0.2) is 0 Å². The number of hydrogen-bond acceptors (Lipinski definition) is 0. The van der Waals surface area contributed by atoms with Crippen molar-refractivity contribution in [1.29, 1.82) is 0 Å². The molecule has 10 aromatic carbocycles. The van der Waals surface area contributed by atoms with Crippen LogP contribution in [-0.2, 0) is 0 Å². The van der Waals surface area contributed by atoms with Crippen LogP contribution in [0.15, 0.2) is 200 Å². The zero-order chi connectivity index (χ0) is 37.2. The maximum atomic E-state index is 2.55. The molecule has 3 nitrogen and oxygen atoms in total. The summed E-state index contributed by atoms with van der Waals surface area (Å²) in [4.78, 5) is 0. The third-order valence-electron chi connectivity index (χ3n) is 12.3. The molecular weight excluding hydrogens is 691 g/mol. The number of rotatable bonds is 3. The molecule has 0 bridgehead atoms. The Morgan fingerprint density at radius 3 is 1.04 bits per heavy atom. The van der Waals surface area contributed by atoms with Crippen molar-refractivity contribution in [2.45, 2.75) is 0 Å². The third-order valence-corrected chi connectivity index (χ3v) is 12.3. The number of fused-ring (bicyclic) bond motifs is 18. The van der Waals surface area contributed by atoms with Gasteiger partial charge in [0.05, 0.1) is 33.1 Å². The molecule has 0 aliphatic heterocycles. The normalized spacial score (nSPS) is 12.2. The summed E-state index contributed by atoms with van der Waals surface area (Å²) in [5, 5.41) is 15.3. The SMILES string of the molecule is c1ccc(-n2c3ccccc3c3c4c5ccccc5c5ccccc5c4c4c5ccccc5n(-c5cccc(-n6c7ccccc7c7ccccc76)c5)c4c32)cc1. The van der Waals surface area contributed by atoms with E-state index in [4.69, 9.17) is 0 Å². The van der Waals surface area contributed by atoms with Crippen molar-refractivity contribution in [2.24, 2.45) is 0 Å². The van der Waals surface area contributed by atoms with E-state index in [2.05, 4.69) is 214 Å². The van der Waals surface area contributed by atoms with Crippen molar-refractivity contribution in [3.63, 3.8) is 0 Å². The monoisotopic (exact) mass is 723 g/mol. The minimum absolute atomic E-state index is 1.12. The summed E-state index contributed by atoms with van der Waals surface area (Å²) in [7, 11) is 0. The molecule has 0 N–H and O–H groups in total. The Bertz CT molecular complexity index is 3750. The molecule has 0 aliphatic rings. The molecule has 0 fully saturated rings. The Morgan fingerprint density at radius 2 is 0.544 bits per heavy atom. The van der Waals surface area contributed by atoms with Gasteiger partial charge in [0, 0.05) is 60.2 Å². The van der Waals surface area contributed by atoms with Crippen molar-refractivity contribution < 1.29 is 0 Å². The van der Waals surface area contributed by atoms with Gasteiger partial charge in [0.15, 0.2) is 0 Å². The summed E-state index contributed by atoms with van der Waals surface area (Å²) in [6, 6.07) is 73.6. The highest BCUT2D eigenvalue weighted by molar-refractivity contribution is 6.45. The van der Waals surface area contributed by atoms with E-state index in [0.717, 1.165) is 17.1 Å². The van der Waals surface area contributed by atoms with Crippen LogP contribution in [0.25, 0.3) is 115 Å².